The molecule has 0 spiro atoms. The maximum Gasteiger partial charge on any atom is 0.104 e. The van der Waals surface area contributed by atoms with Crippen molar-refractivity contribution < 1.29 is 0 Å². The van der Waals surface area contributed by atoms with E-state index in [0.717, 1.165) is 18.7 Å². The summed E-state index contributed by atoms with van der Waals surface area (Å²) in [6.07, 6.45) is 4.93. The molecule has 2 nitrogen and oxygen atoms in total. The van der Waals surface area contributed by atoms with Crippen molar-refractivity contribution in [3.8, 4) is 0 Å². The zero-order valence-electron chi connectivity index (χ0n) is 12.4. The Kier molecular flexibility index (Phi) is 6.85. The molecule has 19 heavy (non-hydrogen) atoms. The molecule has 0 fully saturated rings. The van der Waals surface area contributed by atoms with Gasteiger partial charge in [-0.2, -0.15) is 0 Å². The second-order valence-corrected chi connectivity index (χ2v) is 5.50. The van der Waals surface area contributed by atoms with E-state index in [1.54, 1.807) is 0 Å². The predicted octanol–water partition coefficient (Wildman–Crippen LogP) is 4.04. The Labute approximate surface area is 123 Å². The third-order valence-corrected chi connectivity index (χ3v) is 3.62. The number of aryl methyl sites for hydroxylation is 1. The molecule has 0 aliphatic rings. The molecule has 0 aliphatic heterocycles. The Balaban J connectivity index is 2.88. The van der Waals surface area contributed by atoms with Crippen molar-refractivity contribution in [2.24, 2.45) is 5.73 Å². The molecule has 2 N–H and O–H groups in total. The average molecular weight is 278 g/mol. The summed E-state index contributed by atoms with van der Waals surface area (Å²) < 4.78 is 0. The van der Waals surface area contributed by atoms with Crippen molar-refractivity contribution in [2.45, 2.75) is 46.5 Å². The van der Waals surface area contributed by atoms with Gasteiger partial charge in [0.25, 0.3) is 0 Å². The third kappa shape index (κ3) is 4.83. The van der Waals surface area contributed by atoms with E-state index in [1.807, 2.05) is 0 Å². The number of hydrogen-bond donors (Lipinski definition) is 1. The molecule has 0 bridgehead atoms. The predicted molar refractivity (Wildman–Crippen MR) is 89.1 cm³/mol. The second-order valence-electron chi connectivity index (χ2n) is 5.06. The first-order valence-electron chi connectivity index (χ1n) is 7.25. The highest BCUT2D eigenvalue weighted by molar-refractivity contribution is 7.80. The fraction of sp³-hybridized carbons (Fsp3) is 0.562. The molecule has 0 saturated carbocycles. The average Bonchev–Trinajstić information content (AvgIpc) is 2.38. The van der Waals surface area contributed by atoms with Gasteiger partial charge in [0.15, 0.2) is 0 Å². The first-order valence-corrected chi connectivity index (χ1v) is 7.66. The van der Waals surface area contributed by atoms with Crippen LogP contribution < -0.4 is 10.6 Å². The van der Waals surface area contributed by atoms with Crippen LogP contribution in [0, 0.1) is 6.92 Å². The summed E-state index contributed by atoms with van der Waals surface area (Å²) in [6, 6.07) is 6.41. The largest absolute Gasteiger partial charge is 0.389 e. The summed E-state index contributed by atoms with van der Waals surface area (Å²) >= 11 is 5.06. The number of thiocarbonyl (C=S) groups is 1. The highest BCUT2D eigenvalue weighted by Crippen LogP contribution is 2.20. The summed E-state index contributed by atoms with van der Waals surface area (Å²) in [6.45, 7) is 8.80. The SMILES string of the molecule is CCCCN(CCCC)c1ccc(C(N)=S)c(C)c1. The van der Waals surface area contributed by atoms with Crippen molar-refractivity contribution in [3.05, 3.63) is 29.3 Å². The summed E-state index contributed by atoms with van der Waals surface area (Å²) in [4.78, 5) is 2.96. The van der Waals surface area contributed by atoms with Crippen molar-refractivity contribution in [3.63, 3.8) is 0 Å². The Bertz CT molecular complexity index is 407. The molecule has 0 heterocycles. The van der Waals surface area contributed by atoms with E-state index in [0.29, 0.717) is 4.99 Å². The molecule has 106 valence electrons. The van der Waals surface area contributed by atoms with Crippen LogP contribution in [0.5, 0.6) is 0 Å². The van der Waals surface area contributed by atoms with Crippen molar-refractivity contribution in [1.29, 1.82) is 0 Å². The van der Waals surface area contributed by atoms with Gasteiger partial charge in [-0.25, -0.2) is 0 Å². The van der Waals surface area contributed by atoms with Gasteiger partial charge >= 0.3 is 0 Å². The molecular weight excluding hydrogens is 252 g/mol. The molecule has 1 aromatic rings. The van der Waals surface area contributed by atoms with Crippen molar-refractivity contribution >= 4 is 22.9 Å². The lowest BCUT2D eigenvalue weighted by Gasteiger charge is -2.25. The Hall–Kier alpha value is -1.09. The lowest BCUT2D eigenvalue weighted by molar-refractivity contribution is 0.678. The van der Waals surface area contributed by atoms with E-state index < -0.39 is 0 Å². The molecular formula is C16H26N2S. The van der Waals surface area contributed by atoms with Gasteiger partial charge in [-0.15, -0.1) is 0 Å². The van der Waals surface area contributed by atoms with Crippen LogP contribution in [-0.2, 0) is 0 Å². The van der Waals surface area contributed by atoms with Gasteiger partial charge in [0.05, 0.1) is 0 Å². The van der Waals surface area contributed by atoms with E-state index in [2.05, 4.69) is 43.9 Å². The summed E-state index contributed by atoms with van der Waals surface area (Å²) in [5.74, 6) is 0. The minimum atomic E-state index is 0.484. The Morgan fingerprint density at radius 1 is 1.16 bits per heavy atom. The smallest absolute Gasteiger partial charge is 0.104 e. The normalized spacial score (nSPS) is 10.5. The van der Waals surface area contributed by atoms with Gasteiger partial charge < -0.3 is 10.6 Å². The lowest BCUT2D eigenvalue weighted by Crippen LogP contribution is -2.26. The zero-order chi connectivity index (χ0) is 14.3. The molecule has 0 unspecified atom stereocenters. The minimum Gasteiger partial charge on any atom is -0.389 e. The van der Waals surface area contributed by atoms with Gasteiger partial charge in [-0.1, -0.05) is 38.9 Å². The van der Waals surface area contributed by atoms with Crippen LogP contribution in [0.4, 0.5) is 5.69 Å². The van der Waals surface area contributed by atoms with Crippen LogP contribution in [0.2, 0.25) is 0 Å². The monoisotopic (exact) mass is 278 g/mol. The zero-order valence-corrected chi connectivity index (χ0v) is 13.2. The van der Waals surface area contributed by atoms with Crippen LogP contribution in [0.15, 0.2) is 18.2 Å². The number of hydrogen-bond acceptors (Lipinski definition) is 2. The van der Waals surface area contributed by atoms with E-state index in [9.17, 15) is 0 Å². The first-order chi connectivity index (χ1) is 9.10. The van der Waals surface area contributed by atoms with Crippen molar-refractivity contribution in [1.82, 2.24) is 0 Å². The molecule has 3 heteroatoms. The molecule has 0 atom stereocenters. The number of nitrogens with zero attached hydrogens (tertiary/aromatic N) is 1. The minimum absolute atomic E-state index is 0.484. The Morgan fingerprint density at radius 2 is 1.74 bits per heavy atom. The maximum atomic E-state index is 5.72. The van der Waals surface area contributed by atoms with Crippen molar-refractivity contribution in [2.75, 3.05) is 18.0 Å². The fourth-order valence-electron chi connectivity index (χ4n) is 2.19. The molecule has 0 aromatic heterocycles. The molecule has 0 amide bonds. The molecule has 0 aliphatic carbocycles. The molecule has 1 rings (SSSR count). The third-order valence-electron chi connectivity index (χ3n) is 3.40. The fourth-order valence-corrected chi connectivity index (χ4v) is 2.42. The van der Waals surface area contributed by atoms with Gasteiger partial charge in [-0.05, 0) is 43.5 Å². The molecule has 0 radical (unpaired) electrons. The number of rotatable bonds is 8. The molecule has 0 saturated heterocycles. The van der Waals surface area contributed by atoms with Crippen LogP contribution in [-0.4, -0.2) is 18.1 Å². The maximum absolute atomic E-state index is 5.72. The van der Waals surface area contributed by atoms with Gasteiger partial charge in [-0.3, -0.25) is 0 Å². The van der Waals surface area contributed by atoms with E-state index in [4.69, 9.17) is 18.0 Å². The highest BCUT2D eigenvalue weighted by atomic mass is 32.1. The van der Waals surface area contributed by atoms with E-state index >= 15 is 0 Å². The topological polar surface area (TPSA) is 29.3 Å². The second kappa shape index (κ2) is 8.16. The highest BCUT2D eigenvalue weighted by Gasteiger charge is 2.08. The first kappa shape index (κ1) is 16.0. The standard InChI is InChI=1S/C16H26N2S/c1-4-6-10-18(11-7-5-2)14-8-9-15(16(17)19)13(3)12-14/h8-9,12H,4-7,10-11H2,1-3H3,(H2,17,19). The van der Waals surface area contributed by atoms with E-state index in [1.165, 1.54) is 36.9 Å². The quantitative estimate of drug-likeness (QED) is 0.728. The number of nitrogens with two attached hydrogens (primary N) is 1. The number of benzene rings is 1. The van der Waals surface area contributed by atoms with Gasteiger partial charge in [0.1, 0.15) is 4.99 Å². The summed E-state index contributed by atoms with van der Waals surface area (Å²) in [5, 5.41) is 0. The lowest BCUT2D eigenvalue weighted by atomic mass is 10.1. The van der Waals surface area contributed by atoms with Crippen LogP contribution in [0.3, 0.4) is 0 Å². The van der Waals surface area contributed by atoms with Crippen LogP contribution in [0.1, 0.15) is 50.7 Å². The van der Waals surface area contributed by atoms with E-state index in [-0.39, 0.29) is 0 Å². The number of anilines is 1. The summed E-state index contributed by atoms with van der Waals surface area (Å²) in [5.41, 5.74) is 9.17. The van der Waals surface area contributed by atoms with Gasteiger partial charge in [0, 0.05) is 24.3 Å². The Morgan fingerprint density at radius 3 is 2.16 bits per heavy atom. The van der Waals surface area contributed by atoms with Crippen LogP contribution >= 0.6 is 12.2 Å². The van der Waals surface area contributed by atoms with Gasteiger partial charge in [0.2, 0.25) is 0 Å². The molecule has 1 aromatic carbocycles. The van der Waals surface area contributed by atoms with Crippen LogP contribution in [0.25, 0.3) is 0 Å². The summed E-state index contributed by atoms with van der Waals surface area (Å²) in [7, 11) is 0. The number of unbranched alkanes of at least 4 members (excludes halogenated alkanes) is 2.